The number of hydrogen-bond acceptors (Lipinski definition) is 4. The third-order valence-electron chi connectivity index (χ3n) is 3.02. The van der Waals surface area contributed by atoms with Crippen LogP contribution in [0.4, 0.5) is 0 Å². The maximum absolute atomic E-state index is 12.3. The van der Waals surface area contributed by atoms with Gasteiger partial charge in [0.1, 0.15) is 5.25 Å². The number of amides is 1. The second-order valence-electron chi connectivity index (χ2n) is 4.50. The minimum atomic E-state index is -3.95. The molecule has 0 heterocycles. The molecule has 0 saturated carbocycles. The summed E-state index contributed by atoms with van der Waals surface area (Å²) in [6.45, 7) is 6.41. The number of nitrogens with one attached hydrogen (secondary N) is 1. The second kappa shape index (κ2) is 6.53. The van der Waals surface area contributed by atoms with Crippen LogP contribution in [-0.4, -0.2) is 37.2 Å². The van der Waals surface area contributed by atoms with Crippen LogP contribution in [0.25, 0.3) is 0 Å². The summed E-state index contributed by atoms with van der Waals surface area (Å²) in [5.74, 6) is -1.87. The van der Waals surface area contributed by atoms with Crippen LogP contribution >= 0.6 is 0 Å². The van der Waals surface area contributed by atoms with Gasteiger partial charge in [0.25, 0.3) is 0 Å². The van der Waals surface area contributed by atoms with E-state index in [0.717, 1.165) is 6.07 Å². The third kappa shape index (κ3) is 3.69. The van der Waals surface area contributed by atoms with Crippen molar-refractivity contribution < 1.29 is 23.1 Å². The van der Waals surface area contributed by atoms with Crippen LogP contribution in [0.5, 0.6) is 0 Å². The highest BCUT2D eigenvalue weighted by Crippen LogP contribution is 2.20. The Kier molecular flexibility index (Phi) is 5.26. The van der Waals surface area contributed by atoms with E-state index in [4.69, 9.17) is 5.11 Å². The molecule has 0 aliphatic rings. The number of sulfone groups is 1. The molecule has 21 heavy (non-hydrogen) atoms. The van der Waals surface area contributed by atoms with E-state index in [-0.39, 0.29) is 17.0 Å². The van der Waals surface area contributed by atoms with Gasteiger partial charge in [-0.25, -0.2) is 13.2 Å². The van der Waals surface area contributed by atoms with Gasteiger partial charge in [-0.15, -0.1) is 6.58 Å². The van der Waals surface area contributed by atoms with Crippen molar-refractivity contribution in [1.82, 2.24) is 5.32 Å². The molecule has 114 valence electrons. The van der Waals surface area contributed by atoms with Crippen LogP contribution in [0.15, 0.2) is 35.7 Å². The molecule has 1 atom stereocenters. The molecular weight excluding hydrogens is 294 g/mol. The number of carbonyl (C=O) groups excluding carboxylic acids is 1. The van der Waals surface area contributed by atoms with Crippen molar-refractivity contribution in [3.05, 3.63) is 42.0 Å². The Balaban J connectivity index is 3.19. The lowest BCUT2D eigenvalue weighted by Crippen LogP contribution is -2.38. The maximum atomic E-state index is 12.3. The largest absolute Gasteiger partial charge is 0.478 e. The van der Waals surface area contributed by atoms with Gasteiger partial charge >= 0.3 is 5.97 Å². The van der Waals surface area contributed by atoms with E-state index in [2.05, 4.69) is 11.9 Å². The first-order valence-corrected chi connectivity index (χ1v) is 7.73. The fourth-order valence-corrected chi connectivity index (χ4v) is 2.98. The highest BCUT2D eigenvalue weighted by atomic mass is 32.2. The van der Waals surface area contributed by atoms with E-state index in [1.54, 1.807) is 6.92 Å². The number of carbonyl (C=O) groups is 2. The smallest absolute Gasteiger partial charge is 0.335 e. The highest BCUT2D eigenvalue weighted by Gasteiger charge is 2.30. The molecule has 1 rings (SSSR count). The van der Waals surface area contributed by atoms with Crippen LogP contribution < -0.4 is 5.32 Å². The van der Waals surface area contributed by atoms with Crippen LogP contribution in [-0.2, 0) is 14.6 Å². The van der Waals surface area contributed by atoms with Crippen LogP contribution in [0.1, 0.15) is 22.8 Å². The molecule has 2 N–H and O–H groups in total. The van der Waals surface area contributed by atoms with Crippen molar-refractivity contribution in [1.29, 1.82) is 0 Å². The minimum absolute atomic E-state index is 0.102. The first-order valence-electron chi connectivity index (χ1n) is 6.18. The zero-order valence-corrected chi connectivity index (χ0v) is 12.6. The topological polar surface area (TPSA) is 101 Å². The molecule has 0 spiro atoms. The number of carboxylic acid groups (broad SMARTS) is 1. The normalized spacial score (nSPS) is 12.5. The second-order valence-corrected chi connectivity index (χ2v) is 6.77. The van der Waals surface area contributed by atoms with Crippen molar-refractivity contribution in [2.24, 2.45) is 0 Å². The molecule has 0 radical (unpaired) electrons. The van der Waals surface area contributed by atoms with Gasteiger partial charge in [-0.2, -0.15) is 0 Å². The molecule has 1 unspecified atom stereocenters. The first kappa shape index (κ1) is 16.9. The van der Waals surface area contributed by atoms with E-state index >= 15 is 0 Å². The molecule has 6 nitrogen and oxygen atoms in total. The van der Waals surface area contributed by atoms with E-state index in [0.29, 0.717) is 5.56 Å². The zero-order chi connectivity index (χ0) is 16.2. The average Bonchev–Trinajstić information content (AvgIpc) is 2.43. The average molecular weight is 311 g/mol. The molecule has 0 fully saturated rings. The van der Waals surface area contributed by atoms with Gasteiger partial charge in [0.2, 0.25) is 5.91 Å². The summed E-state index contributed by atoms with van der Waals surface area (Å²) < 4.78 is 24.7. The summed E-state index contributed by atoms with van der Waals surface area (Å²) in [5, 5.41) is 10.1. The van der Waals surface area contributed by atoms with Gasteiger partial charge in [0, 0.05) is 6.54 Å². The summed E-state index contributed by atoms with van der Waals surface area (Å²) >= 11 is 0. The Morgan fingerprint density at radius 2 is 2.05 bits per heavy atom. The molecule has 0 aromatic heterocycles. The van der Waals surface area contributed by atoms with Gasteiger partial charge in [0.15, 0.2) is 9.84 Å². The quantitative estimate of drug-likeness (QED) is 0.768. The molecular formula is C14H17NO5S. The summed E-state index contributed by atoms with van der Waals surface area (Å²) in [7, 11) is -3.95. The third-order valence-corrected chi connectivity index (χ3v) is 5.08. The maximum Gasteiger partial charge on any atom is 0.335 e. The van der Waals surface area contributed by atoms with Crippen LogP contribution in [0, 0.1) is 6.92 Å². The van der Waals surface area contributed by atoms with Gasteiger partial charge < -0.3 is 10.4 Å². The minimum Gasteiger partial charge on any atom is -0.478 e. The van der Waals surface area contributed by atoms with E-state index in [9.17, 15) is 18.0 Å². The fraction of sp³-hybridized carbons (Fsp3) is 0.286. The molecule has 1 amide bonds. The number of rotatable bonds is 6. The number of aromatic carboxylic acids is 1. The molecule has 1 aromatic carbocycles. The van der Waals surface area contributed by atoms with Gasteiger partial charge in [0.05, 0.1) is 10.5 Å². The lowest BCUT2D eigenvalue weighted by atomic mass is 10.1. The Morgan fingerprint density at radius 1 is 1.43 bits per heavy atom. The van der Waals surface area contributed by atoms with Crippen molar-refractivity contribution in [3.8, 4) is 0 Å². The fourth-order valence-electron chi connectivity index (χ4n) is 1.67. The molecule has 1 aromatic rings. The summed E-state index contributed by atoms with van der Waals surface area (Å²) in [5.41, 5.74) is 0.347. The number of carboxylic acids is 1. The first-order chi connectivity index (χ1) is 9.71. The van der Waals surface area contributed by atoms with Crippen LogP contribution in [0.2, 0.25) is 0 Å². The Hall–Kier alpha value is -2.15. The summed E-state index contributed by atoms with van der Waals surface area (Å²) in [4.78, 5) is 22.6. The molecule has 0 saturated heterocycles. The van der Waals surface area contributed by atoms with Gasteiger partial charge in [-0.05, 0) is 31.5 Å². The van der Waals surface area contributed by atoms with Crippen LogP contribution in [0.3, 0.4) is 0 Å². The zero-order valence-electron chi connectivity index (χ0n) is 11.8. The van der Waals surface area contributed by atoms with Crippen molar-refractivity contribution >= 4 is 21.7 Å². The van der Waals surface area contributed by atoms with Crippen molar-refractivity contribution in [2.45, 2.75) is 24.0 Å². The summed E-state index contributed by atoms with van der Waals surface area (Å²) in [6, 6.07) is 3.78. The summed E-state index contributed by atoms with van der Waals surface area (Å²) in [6.07, 6.45) is 1.44. The van der Waals surface area contributed by atoms with E-state index in [1.807, 2.05) is 0 Å². The SMILES string of the molecule is C=CCNC(=O)C(C)S(=O)(=O)c1ccc(C)c(C(=O)O)c1. The monoisotopic (exact) mass is 311 g/mol. The Morgan fingerprint density at radius 3 is 2.57 bits per heavy atom. The molecule has 7 heteroatoms. The van der Waals surface area contributed by atoms with Gasteiger partial charge in [-0.3, -0.25) is 4.79 Å². The highest BCUT2D eigenvalue weighted by molar-refractivity contribution is 7.92. The molecule has 0 aliphatic heterocycles. The number of aryl methyl sites for hydroxylation is 1. The van der Waals surface area contributed by atoms with Crippen molar-refractivity contribution in [3.63, 3.8) is 0 Å². The van der Waals surface area contributed by atoms with Gasteiger partial charge in [-0.1, -0.05) is 12.1 Å². The number of hydrogen-bond donors (Lipinski definition) is 2. The molecule has 0 bridgehead atoms. The Bertz CT molecular complexity index is 679. The number of benzene rings is 1. The van der Waals surface area contributed by atoms with E-state index in [1.165, 1.54) is 25.1 Å². The van der Waals surface area contributed by atoms with Crippen molar-refractivity contribution in [2.75, 3.05) is 6.54 Å². The predicted octanol–water partition coefficient (Wildman–Crippen LogP) is 1.16. The lowest BCUT2D eigenvalue weighted by Gasteiger charge is -2.13. The standard InChI is InChI=1S/C14H17NO5S/c1-4-7-15-13(16)10(3)21(19,20)11-6-5-9(2)12(8-11)14(17)18/h4-6,8,10H,1,7H2,2-3H3,(H,15,16)(H,17,18). The Labute approximate surface area is 123 Å². The lowest BCUT2D eigenvalue weighted by molar-refractivity contribution is -0.120. The van der Waals surface area contributed by atoms with E-state index < -0.39 is 27.0 Å². The predicted molar refractivity (Wildman–Crippen MR) is 78.0 cm³/mol. The molecule has 0 aliphatic carbocycles.